The molecular weight excluding hydrogens is 396 g/mol. The maximum atomic E-state index is 13.1. The predicted molar refractivity (Wildman–Crippen MR) is 115 cm³/mol. The van der Waals surface area contributed by atoms with Crippen LogP contribution in [-0.4, -0.2) is 23.7 Å². The molecule has 156 valence electrons. The first-order valence-corrected chi connectivity index (χ1v) is 9.85. The molecule has 2 aromatic heterocycles. The minimum Gasteiger partial charge on any atom is -0.493 e. The van der Waals surface area contributed by atoms with E-state index in [9.17, 15) is 4.79 Å². The van der Waals surface area contributed by atoms with Gasteiger partial charge in [-0.05, 0) is 35.9 Å². The van der Waals surface area contributed by atoms with E-state index in [2.05, 4.69) is 9.88 Å². The number of nitrogens with zero attached hydrogens (tertiary/aromatic N) is 2. The normalized spacial score (nSPS) is 13.5. The average molecular weight is 416 g/mol. The van der Waals surface area contributed by atoms with Gasteiger partial charge in [0.15, 0.2) is 11.5 Å². The van der Waals surface area contributed by atoms with E-state index >= 15 is 0 Å². The highest BCUT2D eigenvalue weighted by Crippen LogP contribution is 2.34. The van der Waals surface area contributed by atoms with Gasteiger partial charge in [0.05, 0.1) is 18.1 Å². The molecule has 0 unspecified atom stereocenters. The van der Waals surface area contributed by atoms with Crippen molar-refractivity contribution in [3.05, 3.63) is 88.5 Å². The van der Waals surface area contributed by atoms with Gasteiger partial charge in [-0.3, -0.25) is 14.7 Å². The van der Waals surface area contributed by atoms with Crippen LogP contribution in [0, 0.1) is 0 Å². The van der Waals surface area contributed by atoms with E-state index in [0.29, 0.717) is 42.3 Å². The lowest BCUT2D eigenvalue weighted by molar-refractivity contribution is 0.0889. The Kier molecular flexibility index (Phi) is 5.01. The van der Waals surface area contributed by atoms with E-state index in [1.54, 1.807) is 31.5 Å². The fourth-order valence-electron chi connectivity index (χ4n) is 3.68. The second kappa shape index (κ2) is 8.12. The molecular formula is C24H20N2O5. The fraction of sp³-hybridized carbons (Fsp3) is 0.167. The third-order valence-corrected chi connectivity index (χ3v) is 5.17. The quantitative estimate of drug-likeness (QED) is 0.479. The van der Waals surface area contributed by atoms with Crippen LogP contribution in [0.4, 0.5) is 0 Å². The van der Waals surface area contributed by atoms with Gasteiger partial charge < -0.3 is 18.6 Å². The molecule has 0 bridgehead atoms. The molecule has 0 amide bonds. The summed E-state index contributed by atoms with van der Waals surface area (Å²) in [5.41, 5.74) is 2.18. The lowest BCUT2D eigenvalue weighted by Gasteiger charge is -2.29. The summed E-state index contributed by atoms with van der Waals surface area (Å²) in [6.45, 7) is 1.73. The van der Waals surface area contributed by atoms with Gasteiger partial charge in [0, 0.05) is 25.5 Å². The summed E-state index contributed by atoms with van der Waals surface area (Å²) in [4.78, 5) is 19.4. The molecule has 3 heterocycles. The molecule has 31 heavy (non-hydrogen) atoms. The van der Waals surface area contributed by atoms with E-state index in [4.69, 9.17) is 18.6 Å². The summed E-state index contributed by atoms with van der Waals surface area (Å²) >= 11 is 0. The van der Waals surface area contributed by atoms with Crippen LogP contribution >= 0.6 is 0 Å². The molecule has 0 saturated carbocycles. The Hall–Kier alpha value is -3.84. The van der Waals surface area contributed by atoms with Gasteiger partial charge in [-0.25, -0.2) is 0 Å². The summed E-state index contributed by atoms with van der Waals surface area (Å²) in [5, 5.41) is 0.443. The van der Waals surface area contributed by atoms with Gasteiger partial charge in [0.25, 0.3) is 0 Å². The summed E-state index contributed by atoms with van der Waals surface area (Å²) in [7, 11) is 1.55. The molecule has 1 aliphatic rings. The Morgan fingerprint density at radius 2 is 1.94 bits per heavy atom. The van der Waals surface area contributed by atoms with Crippen molar-refractivity contribution < 1.29 is 18.6 Å². The summed E-state index contributed by atoms with van der Waals surface area (Å²) < 4.78 is 22.9. The minimum atomic E-state index is -0.251. The second-order valence-electron chi connectivity index (χ2n) is 7.22. The number of aromatic nitrogens is 1. The van der Waals surface area contributed by atoms with Gasteiger partial charge in [0.2, 0.25) is 11.2 Å². The number of hydrogen-bond acceptors (Lipinski definition) is 7. The van der Waals surface area contributed by atoms with Crippen molar-refractivity contribution in [3.63, 3.8) is 0 Å². The van der Waals surface area contributed by atoms with Crippen LogP contribution in [0.5, 0.6) is 23.0 Å². The highest BCUT2D eigenvalue weighted by molar-refractivity contribution is 5.83. The van der Waals surface area contributed by atoms with Crippen molar-refractivity contribution in [1.82, 2.24) is 9.88 Å². The van der Waals surface area contributed by atoms with Crippen LogP contribution in [0.25, 0.3) is 11.0 Å². The topological polar surface area (TPSA) is 74.0 Å². The number of fused-ring (bicyclic) bond motifs is 3. The van der Waals surface area contributed by atoms with E-state index in [1.165, 1.54) is 6.26 Å². The molecule has 5 rings (SSSR count). The van der Waals surface area contributed by atoms with E-state index in [0.717, 1.165) is 16.9 Å². The average Bonchev–Trinajstić information content (AvgIpc) is 2.81. The van der Waals surface area contributed by atoms with Crippen molar-refractivity contribution in [1.29, 1.82) is 0 Å². The molecule has 7 heteroatoms. The highest BCUT2D eigenvalue weighted by Gasteiger charge is 2.23. The van der Waals surface area contributed by atoms with Crippen molar-refractivity contribution in [2.24, 2.45) is 0 Å². The smallest absolute Gasteiger partial charge is 0.235 e. The first-order valence-electron chi connectivity index (χ1n) is 9.85. The number of para-hydroxylation sites is 2. The number of methoxy groups -OCH3 is 1. The zero-order chi connectivity index (χ0) is 21.2. The minimum absolute atomic E-state index is 0.0980. The molecule has 0 saturated heterocycles. The van der Waals surface area contributed by atoms with E-state index in [1.807, 2.05) is 36.5 Å². The molecule has 4 aromatic rings. The Balaban J connectivity index is 1.47. The number of pyridine rings is 1. The van der Waals surface area contributed by atoms with Crippen molar-refractivity contribution in [2.45, 2.75) is 13.1 Å². The zero-order valence-corrected chi connectivity index (χ0v) is 16.9. The van der Waals surface area contributed by atoms with Crippen LogP contribution in [0.15, 0.2) is 76.4 Å². The predicted octanol–water partition coefficient (Wildman–Crippen LogP) is 4.34. The van der Waals surface area contributed by atoms with Crippen LogP contribution in [-0.2, 0) is 13.1 Å². The van der Waals surface area contributed by atoms with Crippen LogP contribution in [0.1, 0.15) is 11.1 Å². The maximum absolute atomic E-state index is 13.1. The maximum Gasteiger partial charge on any atom is 0.235 e. The third kappa shape index (κ3) is 3.71. The van der Waals surface area contributed by atoms with Crippen LogP contribution in [0.2, 0.25) is 0 Å². The Labute approximate surface area is 178 Å². The molecule has 1 aliphatic heterocycles. The van der Waals surface area contributed by atoms with Crippen molar-refractivity contribution >= 4 is 11.0 Å². The largest absolute Gasteiger partial charge is 0.493 e. The number of hydrogen-bond donors (Lipinski definition) is 0. The first-order chi connectivity index (χ1) is 15.2. The summed E-state index contributed by atoms with van der Waals surface area (Å²) in [6, 6.07) is 14.6. The Bertz CT molecular complexity index is 1290. The standard InChI is InChI=1S/C24H20N2O5/c1-28-20-6-2-3-7-21(20)31-22-14-29-24-17(23(22)27)8-9-19-18(24)13-26(15-30-19)12-16-5-4-10-25-11-16/h2-11,14H,12-13,15H2,1H3. The highest BCUT2D eigenvalue weighted by atomic mass is 16.5. The molecule has 0 spiro atoms. The van der Waals surface area contributed by atoms with Crippen LogP contribution < -0.4 is 19.6 Å². The van der Waals surface area contributed by atoms with Gasteiger partial charge in [-0.1, -0.05) is 18.2 Å². The molecule has 0 aliphatic carbocycles. The number of rotatable bonds is 5. The first kappa shape index (κ1) is 19.1. The van der Waals surface area contributed by atoms with E-state index in [-0.39, 0.29) is 11.2 Å². The number of ether oxygens (including phenoxy) is 3. The van der Waals surface area contributed by atoms with Crippen molar-refractivity contribution in [3.8, 4) is 23.0 Å². The molecule has 7 nitrogen and oxygen atoms in total. The Morgan fingerprint density at radius 1 is 1.06 bits per heavy atom. The molecule has 0 atom stereocenters. The van der Waals surface area contributed by atoms with Crippen molar-refractivity contribution in [2.75, 3.05) is 13.8 Å². The van der Waals surface area contributed by atoms with Gasteiger partial charge in [-0.15, -0.1) is 0 Å². The molecule has 0 fully saturated rings. The number of benzene rings is 2. The molecule has 0 N–H and O–H groups in total. The third-order valence-electron chi connectivity index (χ3n) is 5.17. The zero-order valence-electron chi connectivity index (χ0n) is 16.9. The molecule has 0 radical (unpaired) electrons. The fourth-order valence-corrected chi connectivity index (χ4v) is 3.68. The molecule has 2 aromatic carbocycles. The SMILES string of the molecule is COc1ccccc1Oc1coc2c3c(ccc2c1=O)OCN(Cc1cccnc1)C3. The van der Waals surface area contributed by atoms with Gasteiger partial charge in [-0.2, -0.15) is 0 Å². The lowest BCUT2D eigenvalue weighted by Crippen LogP contribution is -2.31. The summed E-state index contributed by atoms with van der Waals surface area (Å²) in [5.74, 6) is 1.80. The summed E-state index contributed by atoms with van der Waals surface area (Å²) in [6.07, 6.45) is 4.93. The van der Waals surface area contributed by atoms with Gasteiger partial charge >= 0.3 is 0 Å². The van der Waals surface area contributed by atoms with Crippen LogP contribution in [0.3, 0.4) is 0 Å². The second-order valence-corrected chi connectivity index (χ2v) is 7.22. The van der Waals surface area contributed by atoms with E-state index < -0.39 is 0 Å². The lowest BCUT2D eigenvalue weighted by atomic mass is 10.1. The van der Waals surface area contributed by atoms with Gasteiger partial charge in [0.1, 0.15) is 24.3 Å². The monoisotopic (exact) mass is 416 g/mol. The Morgan fingerprint density at radius 3 is 2.74 bits per heavy atom.